The smallest absolute Gasteiger partial charge is 0.286 e. The molecule has 3 aliphatic rings. The molecule has 2 saturated carbocycles. The first-order valence-electron chi connectivity index (χ1n) is 8.14. The molecule has 0 aromatic rings. The van der Waals surface area contributed by atoms with Crippen molar-refractivity contribution in [1.82, 2.24) is 10.6 Å². The van der Waals surface area contributed by atoms with Gasteiger partial charge in [0, 0.05) is 12.6 Å². The Hall–Kier alpha value is -0.770. The van der Waals surface area contributed by atoms with Crippen LogP contribution in [0, 0.1) is 0 Å². The van der Waals surface area contributed by atoms with E-state index in [1.807, 2.05) is 0 Å². The molecule has 0 aromatic heterocycles. The summed E-state index contributed by atoms with van der Waals surface area (Å²) in [6.07, 6.45) is 13.3. The third-order valence-corrected chi connectivity index (χ3v) is 4.43. The van der Waals surface area contributed by atoms with E-state index >= 15 is 0 Å². The Morgan fingerprint density at radius 3 is 2.21 bits per heavy atom. The van der Waals surface area contributed by atoms with Crippen molar-refractivity contribution in [2.75, 3.05) is 6.54 Å². The standard InChI is InChI=1S/C15H27N3O/c1-3-7-12(8-4-1)17-15(19-14-11-16-14)18-13-9-5-2-6-10-13/h12-14,16H,1-11H2,(H,17,18). The van der Waals surface area contributed by atoms with Gasteiger partial charge < -0.3 is 10.1 Å². The Morgan fingerprint density at radius 2 is 1.58 bits per heavy atom. The van der Waals surface area contributed by atoms with E-state index in [1.165, 1.54) is 64.2 Å². The molecule has 4 nitrogen and oxygen atoms in total. The molecule has 0 aromatic carbocycles. The minimum Gasteiger partial charge on any atom is -0.445 e. The molecule has 1 saturated heterocycles. The number of hydrogen-bond acceptors (Lipinski definition) is 3. The summed E-state index contributed by atoms with van der Waals surface area (Å²) in [7, 11) is 0. The number of hydrogen-bond donors (Lipinski definition) is 2. The van der Waals surface area contributed by atoms with Crippen LogP contribution in [0.4, 0.5) is 0 Å². The Balaban J connectivity index is 1.56. The third-order valence-electron chi connectivity index (χ3n) is 4.43. The maximum absolute atomic E-state index is 5.89. The quantitative estimate of drug-likeness (QED) is 0.468. The van der Waals surface area contributed by atoms with Crippen molar-refractivity contribution in [1.29, 1.82) is 0 Å². The maximum Gasteiger partial charge on any atom is 0.286 e. The monoisotopic (exact) mass is 265 g/mol. The van der Waals surface area contributed by atoms with Crippen molar-refractivity contribution in [3.63, 3.8) is 0 Å². The van der Waals surface area contributed by atoms with Gasteiger partial charge in [0.15, 0.2) is 6.23 Å². The zero-order chi connectivity index (χ0) is 12.9. The lowest BCUT2D eigenvalue weighted by Gasteiger charge is -2.25. The topological polar surface area (TPSA) is 55.6 Å². The second-order valence-corrected chi connectivity index (χ2v) is 6.22. The highest BCUT2D eigenvalue weighted by Crippen LogP contribution is 2.21. The molecular weight excluding hydrogens is 238 g/mol. The predicted octanol–water partition coefficient (Wildman–Crippen LogP) is 2.54. The fourth-order valence-corrected chi connectivity index (χ4v) is 3.17. The normalized spacial score (nSPS) is 30.1. The minimum absolute atomic E-state index is 0.207. The van der Waals surface area contributed by atoms with Crippen LogP contribution in [0.25, 0.3) is 0 Å². The highest BCUT2D eigenvalue weighted by atomic mass is 16.5. The molecule has 2 N–H and O–H groups in total. The Bertz CT molecular complexity index is 303. The van der Waals surface area contributed by atoms with Crippen molar-refractivity contribution in [2.45, 2.75) is 82.5 Å². The van der Waals surface area contributed by atoms with Crippen LogP contribution in [0.15, 0.2) is 4.99 Å². The summed E-state index contributed by atoms with van der Waals surface area (Å²) >= 11 is 0. The summed E-state index contributed by atoms with van der Waals surface area (Å²) in [5.41, 5.74) is 0. The zero-order valence-electron chi connectivity index (χ0n) is 11.9. The minimum atomic E-state index is 0.207. The summed E-state index contributed by atoms with van der Waals surface area (Å²) < 4.78 is 5.89. The number of nitrogens with zero attached hydrogens (tertiary/aromatic N) is 1. The van der Waals surface area contributed by atoms with Crippen molar-refractivity contribution < 1.29 is 4.74 Å². The number of rotatable bonds is 3. The van der Waals surface area contributed by atoms with Crippen LogP contribution in [-0.2, 0) is 4.74 Å². The lowest BCUT2D eigenvalue weighted by atomic mass is 9.95. The average Bonchev–Trinajstić information content (AvgIpc) is 3.25. The van der Waals surface area contributed by atoms with Gasteiger partial charge in [0.1, 0.15) is 0 Å². The van der Waals surface area contributed by atoms with Crippen LogP contribution in [0.3, 0.4) is 0 Å². The molecule has 2 aliphatic carbocycles. The predicted molar refractivity (Wildman–Crippen MR) is 77.2 cm³/mol. The molecule has 4 heteroatoms. The lowest BCUT2D eigenvalue weighted by molar-refractivity contribution is 0.252. The van der Waals surface area contributed by atoms with Gasteiger partial charge in [-0.25, -0.2) is 4.99 Å². The van der Waals surface area contributed by atoms with Crippen LogP contribution in [0.2, 0.25) is 0 Å². The molecule has 3 rings (SSSR count). The summed E-state index contributed by atoms with van der Waals surface area (Å²) in [6, 6.07) is 1.88. The van der Waals surface area contributed by atoms with Gasteiger partial charge in [-0.1, -0.05) is 38.5 Å². The van der Waals surface area contributed by atoms with Crippen LogP contribution in [0.1, 0.15) is 64.2 Å². The molecule has 1 heterocycles. The summed E-state index contributed by atoms with van der Waals surface area (Å²) in [6.45, 7) is 0.968. The fourth-order valence-electron chi connectivity index (χ4n) is 3.17. The van der Waals surface area contributed by atoms with Crippen LogP contribution in [-0.4, -0.2) is 30.9 Å². The second kappa shape index (κ2) is 6.60. The van der Waals surface area contributed by atoms with E-state index in [1.54, 1.807) is 0 Å². The first-order valence-corrected chi connectivity index (χ1v) is 8.14. The highest BCUT2D eigenvalue weighted by Gasteiger charge is 2.26. The number of ether oxygens (including phenoxy) is 1. The van der Waals surface area contributed by atoms with E-state index < -0.39 is 0 Å². The summed E-state index contributed by atoms with van der Waals surface area (Å²) in [4.78, 5) is 4.85. The molecule has 1 atom stereocenters. The summed E-state index contributed by atoms with van der Waals surface area (Å²) in [5.74, 6) is 0. The van der Waals surface area contributed by atoms with Crippen molar-refractivity contribution in [2.24, 2.45) is 4.99 Å². The molecule has 108 valence electrons. The lowest BCUT2D eigenvalue weighted by Crippen LogP contribution is -2.39. The molecular formula is C15H27N3O. The SMILES string of the molecule is C1CCC(N=C(NC2CCCCC2)OC2CN2)CC1. The Kier molecular flexibility index (Phi) is 4.59. The first kappa shape index (κ1) is 13.2. The van der Waals surface area contributed by atoms with Gasteiger partial charge in [-0.3, -0.25) is 5.32 Å². The van der Waals surface area contributed by atoms with Gasteiger partial charge in [0.2, 0.25) is 0 Å². The Labute approximate surface area is 116 Å². The Morgan fingerprint density at radius 1 is 0.947 bits per heavy atom. The van der Waals surface area contributed by atoms with Gasteiger partial charge >= 0.3 is 0 Å². The van der Waals surface area contributed by atoms with Crippen LogP contribution < -0.4 is 10.6 Å². The molecule has 0 radical (unpaired) electrons. The molecule has 0 spiro atoms. The fraction of sp³-hybridized carbons (Fsp3) is 0.933. The maximum atomic E-state index is 5.89. The molecule has 1 aliphatic heterocycles. The molecule has 3 fully saturated rings. The number of nitrogens with one attached hydrogen (secondary N) is 2. The molecule has 1 unspecified atom stereocenters. The number of amidine groups is 1. The number of aliphatic imine (C=N–C) groups is 1. The van der Waals surface area contributed by atoms with Gasteiger partial charge in [-0.2, -0.15) is 0 Å². The van der Waals surface area contributed by atoms with Gasteiger partial charge in [-0.15, -0.1) is 0 Å². The third kappa shape index (κ3) is 4.37. The van der Waals surface area contributed by atoms with Gasteiger partial charge in [0.25, 0.3) is 6.02 Å². The summed E-state index contributed by atoms with van der Waals surface area (Å²) in [5, 5.41) is 6.76. The van der Waals surface area contributed by atoms with E-state index in [-0.39, 0.29) is 6.23 Å². The average molecular weight is 265 g/mol. The molecule has 0 bridgehead atoms. The molecule has 0 amide bonds. The van der Waals surface area contributed by atoms with E-state index in [0.29, 0.717) is 12.1 Å². The van der Waals surface area contributed by atoms with Crippen LogP contribution >= 0.6 is 0 Å². The van der Waals surface area contributed by atoms with E-state index in [9.17, 15) is 0 Å². The zero-order valence-corrected chi connectivity index (χ0v) is 11.9. The molecule has 19 heavy (non-hydrogen) atoms. The van der Waals surface area contributed by atoms with E-state index in [0.717, 1.165) is 12.6 Å². The van der Waals surface area contributed by atoms with E-state index in [2.05, 4.69) is 10.6 Å². The van der Waals surface area contributed by atoms with Gasteiger partial charge in [-0.05, 0) is 25.7 Å². The largest absolute Gasteiger partial charge is 0.445 e. The van der Waals surface area contributed by atoms with E-state index in [4.69, 9.17) is 9.73 Å². The van der Waals surface area contributed by atoms with Crippen molar-refractivity contribution in [3.8, 4) is 0 Å². The van der Waals surface area contributed by atoms with Crippen LogP contribution in [0.5, 0.6) is 0 Å². The first-order chi connectivity index (χ1) is 9.40. The second-order valence-electron chi connectivity index (χ2n) is 6.22. The van der Waals surface area contributed by atoms with Gasteiger partial charge in [0.05, 0.1) is 6.04 Å². The van der Waals surface area contributed by atoms with Crippen molar-refractivity contribution in [3.05, 3.63) is 0 Å². The highest BCUT2D eigenvalue weighted by molar-refractivity contribution is 5.74. The van der Waals surface area contributed by atoms with Crippen molar-refractivity contribution >= 4 is 6.02 Å².